The molecule has 2 rings (SSSR count). The van der Waals surface area contributed by atoms with Crippen LogP contribution < -0.4 is 19.5 Å². The summed E-state index contributed by atoms with van der Waals surface area (Å²) < 4.78 is 29.3. The fourth-order valence-corrected chi connectivity index (χ4v) is 2.33. The van der Waals surface area contributed by atoms with Gasteiger partial charge in [-0.15, -0.1) is 0 Å². The minimum Gasteiger partial charge on any atom is -0.490 e. The molecular formula is C20H22FNO6. The van der Waals surface area contributed by atoms with E-state index in [1.54, 1.807) is 26.0 Å². The second-order valence-corrected chi connectivity index (χ2v) is 5.87. The lowest BCUT2D eigenvalue weighted by atomic mass is 10.2. The number of halogens is 1. The second kappa shape index (κ2) is 10.1. The van der Waals surface area contributed by atoms with Gasteiger partial charge in [0.15, 0.2) is 18.1 Å². The number of ether oxygens (including phenoxy) is 3. The predicted octanol–water partition coefficient (Wildman–Crippen LogP) is 2.89. The average Bonchev–Trinajstić information content (AvgIpc) is 2.65. The quantitative estimate of drug-likeness (QED) is 0.647. The van der Waals surface area contributed by atoms with Crippen molar-refractivity contribution in [3.05, 3.63) is 53.8 Å². The first-order valence-electron chi connectivity index (χ1n) is 8.71. The highest BCUT2D eigenvalue weighted by atomic mass is 19.1. The fraction of sp³-hybridized carbons (Fsp3) is 0.300. The molecule has 28 heavy (non-hydrogen) atoms. The Morgan fingerprint density at radius 3 is 2.61 bits per heavy atom. The number of carbonyl (C=O) groups excluding carboxylic acids is 1. The number of carbonyl (C=O) groups is 2. The molecule has 2 N–H and O–H groups in total. The number of rotatable bonds is 10. The number of carboxylic acids is 1. The number of hydrogen-bond acceptors (Lipinski definition) is 5. The second-order valence-electron chi connectivity index (χ2n) is 5.87. The van der Waals surface area contributed by atoms with E-state index in [-0.39, 0.29) is 30.1 Å². The molecule has 1 atom stereocenters. The highest BCUT2D eigenvalue weighted by Gasteiger charge is 2.14. The summed E-state index contributed by atoms with van der Waals surface area (Å²) in [4.78, 5) is 23.0. The molecule has 1 unspecified atom stereocenters. The monoisotopic (exact) mass is 391 g/mol. The number of amides is 1. The molecule has 0 bridgehead atoms. The van der Waals surface area contributed by atoms with E-state index in [0.717, 1.165) is 0 Å². The van der Waals surface area contributed by atoms with Gasteiger partial charge in [-0.3, -0.25) is 4.79 Å². The molecule has 0 saturated heterocycles. The molecule has 0 aliphatic heterocycles. The van der Waals surface area contributed by atoms with Crippen molar-refractivity contribution in [3.8, 4) is 17.2 Å². The van der Waals surface area contributed by atoms with Gasteiger partial charge in [-0.1, -0.05) is 6.07 Å². The Labute approximate surface area is 162 Å². The Morgan fingerprint density at radius 2 is 1.93 bits per heavy atom. The van der Waals surface area contributed by atoms with Gasteiger partial charge in [-0.05, 0) is 44.2 Å². The molecular weight excluding hydrogens is 369 g/mol. The van der Waals surface area contributed by atoms with Crippen LogP contribution in [0.25, 0.3) is 0 Å². The predicted molar refractivity (Wildman–Crippen MR) is 99.6 cm³/mol. The van der Waals surface area contributed by atoms with Gasteiger partial charge in [-0.25, -0.2) is 9.18 Å². The van der Waals surface area contributed by atoms with Gasteiger partial charge in [0.25, 0.3) is 5.91 Å². The summed E-state index contributed by atoms with van der Waals surface area (Å²) in [5, 5.41) is 11.4. The first kappa shape index (κ1) is 21.0. The molecule has 0 fully saturated rings. The van der Waals surface area contributed by atoms with Crippen LogP contribution in [0.3, 0.4) is 0 Å². The Hall–Kier alpha value is -3.29. The largest absolute Gasteiger partial charge is 0.490 e. The van der Waals surface area contributed by atoms with E-state index in [2.05, 4.69) is 5.32 Å². The third-order valence-corrected chi connectivity index (χ3v) is 3.54. The van der Waals surface area contributed by atoms with Crippen LogP contribution in [-0.2, 0) is 4.79 Å². The van der Waals surface area contributed by atoms with Crippen LogP contribution >= 0.6 is 0 Å². The standard InChI is InChI=1S/C20H22FNO6/c1-3-26-18-9-14(7-8-17(18)27-12-19(23)24)20(25)22-11-13(2)28-16-6-4-5-15(21)10-16/h4-10,13H,3,11-12H2,1-2H3,(H,22,25)(H,23,24). The summed E-state index contributed by atoms with van der Waals surface area (Å²) in [6, 6.07) is 10.2. The van der Waals surface area contributed by atoms with Crippen LogP contribution in [0.2, 0.25) is 0 Å². The van der Waals surface area contributed by atoms with E-state index < -0.39 is 18.4 Å². The van der Waals surface area contributed by atoms with E-state index >= 15 is 0 Å². The number of benzene rings is 2. The summed E-state index contributed by atoms with van der Waals surface area (Å²) in [7, 11) is 0. The van der Waals surface area contributed by atoms with Gasteiger partial charge >= 0.3 is 5.97 Å². The van der Waals surface area contributed by atoms with Crippen LogP contribution in [-0.4, -0.2) is 42.8 Å². The zero-order chi connectivity index (χ0) is 20.5. The number of hydrogen-bond donors (Lipinski definition) is 2. The van der Waals surface area contributed by atoms with Crippen molar-refractivity contribution in [2.45, 2.75) is 20.0 Å². The van der Waals surface area contributed by atoms with Gasteiger partial charge in [-0.2, -0.15) is 0 Å². The third-order valence-electron chi connectivity index (χ3n) is 3.54. The molecule has 2 aromatic carbocycles. The highest BCUT2D eigenvalue weighted by Crippen LogP contribution is 2.28. The molecule has 0 aliphatic carbocycles. The zero-order valence-electron chi connectivity index (χ0n) is 15.6. The van der Waals surface area contributed by atoms with E-state index in [0.29, 0.717) is 17.9 Å². The normalized spacial score (nSPS) is 11.4. The fourth-order valence-electron chi connectivity index (χ4n) is 2.33. The molecule has 7 nitrogen and oxygen atoms in total. The smallest absolute Gasteiger partial charge is 0.341 e. The van der Waals surface area contributed by atoms with Crippen molar-refractivity contribution in [2.75, 3.05) is 19.8 Å². The maximum Gasteiger partial charge on any atom is 0.341 e. The lowest BCUT2D eigenvalue weighted by Gasteiger charge is -2.16. The van der Waals surface area contributed by atoms with Crippen molar-refractivity contribution in [2.24, 2.45) is 0 Å². The van der Waals surface area contributed by atoms with Gasteiger partial charge in [0.1, 0.15) is 17.7 Å². The highest BCUT2D eigenvalue weighted by molar-refractivity contribution is 5.94. The lowest BCUT2D eigenvalue weighted by molar-refractivity contribution is -0.139. The Bertz CT molecular complexity index is 826. The molecule has 0 spiro atoms. The molecule has 0 saturated carbocycles. The Balaban J connectivity index is 1.96. The van der Waals surface area contributed by atoms with Gasteiger partial charge in [0, 0.05) is 11.6 Å². The third kappa shape index (κ3) is 6.46. The van der Waals surface area contributed by atoms with Crippen LogP contribution in [0.4, 0.5) is 4.39 Å². The summed E-state index contributed by atoms with van der Waals surface area (Å²) in [6.45, 7) is 3.53. The van der Waals surface area contributed by atoms with Crippen LogP contribution in [0.5, 0.6) is 17.2 Å². The number of nitrogens with one attached hydrogen (secondary N) is 1. The molecule has 0 aromatic heterocycles. The summed E-state index contributed by atoms with van der Waals surface area (Å²) in [5.41, 5.74) is 0.323. The van der Waals surface area contributed by atoms with Crippen LogP contribution in [0.15, 0.2) is 42.5 Å². The Kier molecular flexibility index (Phi) is 7.62. The summed E-state index contributed by atoms with van der Waals surface area (Å²) in [5.74, 6) is -0.983. The minimum atomic E-state index is -1.11. The van der Waals surface area contributed by atoms with E-state index in [1.165, 1.54) is 30.3 Å². The molecule has 150 valence electrons. The maximum atomic E-state index is 13.2. The van der Waals surface area contributed by atoms with E-state index in [1.807, 2.05) is 0 Å². The van der Waals surface area contributed by atoms with Gasteiger partial charge < -0.3 is 24.6 Å². The van der Waals surface area contributed by atoms with E-state index in [4.69, 9.17) is 19.3 Å². The van der Waals surface area contributed by atoms with Gasteiger partial charge in [0.05, 0.1) is 13.2 Å². The van der Waals surface area contributed by atoms with Crippen molar-refractivity contribution in [1.82, 2.24) is 5.32 Å². The first-order chi connectivity index (χ1) is 13.4. The van der Waals surface area contributed by atoms with Crippen molar-refractivity contribution in [3.63, 3.8) is 0 Å². The van der Waals surface area contributed by atoms with Gasteiger partial charge in [0.2, 0.25) is 0 Å². The molecule has 2 aromatic rings. The molecule has 0 heterocycles. The molecule has 0 radical (unpaired) electrons. The van der Waals surface area contributed by atoms with Crippen LogP contribution in [0, 0.1) is 5.82 Å². The SMILES string of the molecule is CCOc1cc(C(=O)NCC(C)Oc2cccc(F)c2)ccc1OCC(=O)O. The summed E-state index contributed by atoms with van der Waals surface area (Å²) >= 11 is 0. The molecule has 0 aliphatic rings. The minimum absolute atomic E-state index is 0.205. The van der Waals surface area contributed by atoms with Crippen molar-refractivity contribution in [1.29, 1.82) is 0 Å². The molecule has 8 heteroatoms. The lowest BCUT2D eigenvalue weighted by Crippen LogP contribution is -2.33. The van der Waals surface area contributed by atoms with Crippen LogP contribution in [0.1, 0.15) is 24.2 Å². The maximum absolute atomic E-state index is 13.2. The zero-order valence-corrected chi connectivity index (χ0v) is 15.6. The Morgan fingerprint density at radius 1 is 1.14 bits per heavy atom. The topological polar surface area (TPSA) is 94.1 Å². The number of carboxylic acid groups (broad SMARTS) is 1. The van der Waals surface area contributed by atoms with Crippen molar-refractivity contribution >= 4 is 11.9 Å². The molecule has 1 amide bonds. The van der Waals surface area contributed by atoms with Crippen molar-refractivity contribution < 1.29 is 33.3 Å². The first-order valence-corrected chi connectivity index (χ1v) is 8.71. The summed E-state index contributed by atoms with van der Waals surface area (Å²) in [6.07, 6.45) is -0.379. The van der Waals surface area contributed by atoms with E-state index in [9.17, 15) is 14.0 Å². The number of aliphatic carboxylic acids is 1. The average molecular weight is 391 g/mol.